The van der Waals surface area contributed by atoms with Crippen molar-refractivity contribution in [2.24, 2.45) is 5.92 Å². The third-order valence-electron chi connectivity index (χ3n) is 8.19. The van der Waals surface area contributed by atoms with Crippen molar-refractivity contribution in [2.45, 2.75) is 56.7 Å². The van der Waals surface area contributed by atoms with E-state index in [1.807, 2.05) is 19.1 Å². The minimum atomic E-state index is -0.921. The number of nitrogens with one attached hydrogen (secondary N) is 3. The predicted molar refractivity (Wildman–Crippen MR) is 165 cm³/mol. The third kappa shape index (κ3) is 7.40. The molecule has 0 bridgehead atoms. The fourth-order valence-electron chi connectivity index (χ4n) is 5.79. The van der Waals surface area contributed by atoms with Gasteiger partial charge >= 0.3 is 6.03 Å². The van der Waals surface area contributed by atoms with E-state index >= 15 is 4.39 Å². The summed E-state index contributed by atoms with van der Waals surface area (Å²) in [7, 11) is 0. The van der Waals surface area contributed by atoms with Crippen LogP contribution in [-0.4, -0.2) is 64.9 Å². The fraction of sp³-hybridized carbons (Fsp3) is 0.406. The minimum Gasteiger partial charge on any atom is -0.377 e. The van der Waals surface area contributed by atoms with Crippen LogP contribution in [0.1, 0.15) is 50.2 Å². The molecule has 3 heterocycles. The molecule has 1 saturated carbocycles. The molecule has 10 nitrogen and oxygen atoms in total. The van der Waals surface area contributed by atoms with Crippen molar-refractivity contribution < 1.29 is 23.5 Å². The van der Waals surface area contributed by atoms with Crippen LogP contribution in [0.4, 0.5) is 20.7 Å². The summed E-state index contributed by atoms with van der Waals surface area (Å²) in [6, 6.07) is 10.1. The summed E-state index contributed by atoms with van der Waals surface area (Å²) in [6.45, 7) is 2.51. The molecule has 232 valence electrons. The van der Waals surface area contributed by atoms with Gasteiger partial charge in [0.15, 0.2) is 0 Å². The van der Waals surface area contributed by atoms with Crippen LogP contribution in [0.25, 0.3) is 0 Å². The molecular weight excluding hydrogens is 587 g/mol. The lowest BCUT2D eigenvalue weighted by Gasteiger charge is -2.36. The number of hydrogen-bond donors (Lipinski definition) is 3. The van der Waals surface area contributed by atoms with E-state index in [0.29, 0.717) is 29.5 Å². The highest BCUT2D eigenvalue weighted by molar-refractivity contribution is 6.30. The van der Waals surface area contributed by atoms with E-state index < -0.39 is 29.3 Å². The number of urea groups is 1. The number of nitrogens with zero attached hydrogens (tertiary/aromatic N) is 3. The second kappa shape index (κ2) is 14.2. The quantitative estimate of drug-likeness (QED) is 0.225. The molecule has 1 aliphatic carbocycles. The van der Waals surface area contributed by atoms with Crippen molar-refractivity contribution in [3.8, 4) is 0 Å². The molecule has 1 saturated heterocycles. The Morgan fingerprint density at radius 2 is 1.93 bits per heavy atom. The topological polar surface area (TPSA) is 126 Å². The Kier molecular flexibility index (Phi) is 10.2. The van der Waals surface area contributed by atoms with Gasteiger partial charge in [-0.2, -0.15) is 0 Å². The molecule has 3 amide bonds. The van der Waals surface area contributed by atoms with Gasteiger partial charge < -0.3 is 19.7 Å². The van der Waals surface area contributed by atoms with E-state index in [9.17, 15) is 14.4 Å². The summed E-state index contributed by atoms with van der Waals surface area (Å²) in [5, 5.41) is 9.25. The number of aldehydes is 1. The first kappa shape index (κ1) is 31.5. The highest BCUT2D eigenvalue weighted by atomic mass is 35.5. The predicted octanol–water partition coefficient (Wildman–Crippen LogP) is 5.14. The Hall–Kier alpha value is -3.93. The highest BCUT2D eigenvalue weighted by Gasteiger charge is 2.41. The zero-order valence-corrected chi connectivity index (χ0v) is 25.2. The summed E-state index contributed by atoms with van der Waals surface area (Å²) >= 11 is 5.91. The number of ether oxygens (including phenoxy) is 1. The summed E-state index contributed by atoms with van der Waals surface area (Å²) in [6.07, 6.45) is 9.35. The molecule has 44 heavy (non-hydrogen) atoms. The zero-order chi connectivity index (χ0) is 31.1. The van der Waals surface area contributed by atoms with Crippen LogP contribution < -0.4 is 16.0 Å². The maximum absolute atomic E-state index is 15.3. The second-order valence-electron chi connectivity index (χ2n) is 11.1. The van der Waals surface area contributed by atoms with Crippen molar-refractivity contribution >= 4 is 41.3 Å². The van der Waals surface area contributed by atoms with E-state index in [-0.39, 0.29) is 37.1 Å². The molecule has 3 aromatic rings. The Morgan fingerprint density at radius 1 is 1.14 bits per heavy atom. The molecule has 2 fully saturated rings. The van der Waals surface area contributed by atoms with Crippen molar-refractivity contribution in [1.82, 2.24) is 20.2 Å². The number of pyridine rings is 2. The van der Waals surface area contributed by atoms with Gasteiger partial charge in [0, 0.05) is 38.2 Å². The van der Waals surface area contributed by atoms with Gasteiger partial charge in [-0.15, -0.1) is 0 Å². The summed E-state index contributed by atoms with van der Waals surface area (Å²) in [5.41, 5.74) is 0.743. The van der Waals surface area contributed by atoms with Crippen molar-refractivity contribution in [3.05, 3.63) is 83.0 Å². The largest absolute Gasteiger partial charge is 0.377 e. The molecule has 3 N–H and O–H groups in total. The number of amides is 3. The molecule has 0 radical (unpaired) electrons. The fourth-order valence-corrected chi connectivity index (χ4v) is 5.90. The van der Waals surface area contributed by atoms with Gasteiger partial charge in [-0.25, -0.2) is 14.2 Å². The SMILES string of the molecule is CCO[C@@H]1C[C@H](C(=O)Nc2cc(C(CCC3CC3)(NCC=O)c3ccncc3)ccc2F)N(C(=O)Nc2ccc(Cl)cn2)C1. The maximum Gasteiger partial charge on any atom is 0.323 e. The van der Waals surface area contributed by atoms with Crippen molar-refractivity contribution in [3.63, 3.8) is 0 Å². The lowest BCUT2D eigenvalue weighted by atomic mass is 9.78. The third-order valence-corrected chi connectivity index (χ3v) is 8.42. The van der Waals surface area contributed by atoms with Crippen LogP contribution in [0.5, 0.6) is 0 Å². The van der Waals surface area contributed by atoms with Gasteiger partial charge in [0.05, 0.1) is 28.9 Å². The van der Waals surface area contributed by atoms with Crippen LogP contribution in [0, 0.1) is 11.7 Å². The van der Waals surface area contributed by atoms with Gasteiger partial charge in [0.2, 0.25) is 5.91 Å². The first-order valence-electron chi connectivity index (χ1n) is 14.8. The van der Waals surface area contributed by atoms with Gasteiger partial charge in [-0.1, -0.05) is 30.5 Å². The molecule has 3 atom stereocenters. The zero-order valence-electron chi connectivity index (χ0n) is 24.5. The van der Waals surface area contributed by atoms with Gasteiger partial charge in [-0.05, 0) is 73.2 Å². The Morgan fingerprint density at radius 3 is 2.61 bits per heavy atom. The average Bonchev–Trinajstić information content (AvgIpc) is 3.77. The number of carbonyl (C=O) groups excluding carboxylic acids is 3. The van der Waals surface area contributed by atoms with Crippen LogP contribution in [0.2, 0.25) is 5.02 Å². The summed E-state index contributed by atoms with van der Waals surface area (Å²) in [5.74, 6) is -0.284. The van der Waals surface area contributed by atoms with Gasteiger partial charge in [0.1, 0.15) is 24.0 Å². The van der Waals surface area contributed by atoms with E-state index in [1.54, 1.807) is 36.7 Å². The Labute approximate surface area is 260 Å². The molecule has 1 unspecified atom stereocenters. The normalized spacial score (nSPS) is 19.3. The highest BCUT2D eigenvalue weighted by Crippen LogP contribution is 2.42. The van der Waals surface area contributed by atoms with E-state index in [4.69, 9.17) is 16.3 Å². The van der Waals surface area contributed by atoms with E-state index in [0.717, 1.165) is 31.1 Å². The number of rotatable bonds is 13. The summed E-state index contributed by atoms with van der Waals surface area (Å²) in [4.78, 5) is 48.1. The lowest BCUT2D eigenvalue weighted by molar-refractivity contribution is -0.119. The number of likely N-dealkylation sites (tertiary alicyclic amines) is 1. The second-order valence-corrected chi connectivity index (χ2v) is 11.6. The minimum absolute atomic E-state index is 0.0233. The summed E-state index contributed by atoms with van der Waals surface area (Å²) < 4.78 is 21.1. The molecular formula is C32H36ClFN6O4. The monoisotopic (exact) mass is 622 g/mol. The Bertz CT molecular complexity index is 1460. The maximum atomic E-state index is 15.3. The van der Waals surface area contributed by atoms with Gasteiger partial charge in [0.25, 0.3) is 0 Å². The van der Waals surface area contributed by atoms with Crippen LogP contribution >= 0.6 is 11.6 Å². The van der Waals surface area contributed by atoms with Crippen LogP contribution in [0.3, 0.4) is 0 Å². The molecule has 1 aliphatic heterocycles. The van der Waals surface area contributed by atoms with Gasteiger partial charge in [-0.3, -0.25) is 20.4 Å². The first-order valence-corrected chi connectivity index (χ1v) is 15.2. The van der Waals surface area contributed by atoms with Crippen molar-refractivity contribution in [1.29, 1.82) is 0 Å². The number of halogens is 2. The van der Waals surface area contributed by atoms with Crippen LogP contribution in [0.15, 0.2) is 61.1 Å². The average molecular weight is 623 g/mol. The smallest absolute Gasteiger partial charge is 0.323 e. The molecule has 1 aromatic carbocycles. The standard InChI is InChI=1S/C32H36ClFN6O4/c1-2-44-25-18-28(40(20-25)31(43)39-29-8-6-24(33)19-36-29)30(42)38-27-17-23(5-7-26(27)34)32(37-15-16-41,12-9-21-3-4-21)22-10-13-35-14-11-22/h5-8,10-11,13-14,16-17,19,21,25,28,37H,2-4,9,12,15,18,20H2,1H3,(H,38,42)(H,36,39,43)/t25-,28-,32?/m1/s1. The Balaban J connectivity index is 1.42. The number of hydrogen-bond acceptors (Lipinski definition) is 7. The molecule has 0 spiro atoms. The van der Waals surface area contributed by atoms with E-state index in [2.05, 4.69) is 25.9 Å². The van der Waals surface area contributed by atoms with Crippen LogP contribution in [-0.2, 0) is 19.9 Å². The molecule has 5 rings (SSSR count). The van der Waals surface area contributed by atoms with E-state index in [1.165, 1.54) is 17.2 Å². The molecule has 2 aromatic heterocycles. The molecule has 12 heteroatoms. The molecule has 2 aliphatic rings. The number of aromatic nitrogens is 2. The number of benzene rings is 1. The number of carbonyl (C=O) groups is 3. The lowest BCUT2D eigenvalue weighted by Crippen LogP contribution is -2.46. The van der Waals surface area contributed by atoms with Crippen molar-refractivity contribution in [2.75, 3.05) is 30.3 Å². The number of anilines is 2. The first-order chi connectivity index (χ1) is 21.3.